The van der Waals surface area contributed by atoms with Crippen LogP contribution >= 0.6 is 35.0 Å². The average molecular weight is 377 g/mol. The van der Waals surface area contributed by atoms with Gasteiger partial charge in [-0.2, -0.15) is 0 Å². The van der Waals surface area contributed by atoms with E-state index in [0.717, 1.165) is 11.1 Å². The minimum atomic E-state index is -0.0979. The predicted octanol–water partition coefficient (Wildman–Crippen LogP) is 4.99. The van der Waals surface area contributed by atoms with Gasteiger partial charge in [0.25, 0.3) is 5.56 Å². The van der Waals surface area contributed by atoms with Crippen molar-refractivity contribution >= 4 is 35.0 Å². The predicted molar refractivity (Wildman–Crippen MR) is 101 cm³/mol. The van der Waals surface area contributed by atoms with E-state index in [-0.39, 0.29) is 5.56 Å². The van der Waals surface area contributed by atoms with Crippen LogP contribution in [0.25, 0.3) is 11.3 Å². The van der Waals surface area contributed by atoms with Gasteiger partial charge in [0.15, 0.2) is 5.16 Å². The molecule has 1 aromatic heterocycles. The zero-order chi connectivity index (χ0) is 17.1. The zero-order valence-corrected chi connectivity index (χ0v) is 15.2. The van der Waals surface area contributed by atoms with Crippen LogP contribution in [-0.2, 0) is 6.54 Å². The fraction of sp³-hybridized carbons (Fsp3) is 0.111. The molecule has 0 fully saturated rings. The Morgan fingerprint density at radius 1 is 1.04 bits per heavy atom. The van der Waals surface area contributed by atoms with Crippen molar-refractivity contribution in [2.75, 3.05) is 6.26 Å². The highest BCUT2D eigenvalue weighted by atomic mass is 35.5. The normalized spacial score (nSPS) is 10.8. The van der Waals surface area contributed by atoms with Crippen molar-refractivity contribution in [3.8, 4) is 11.3 Å². The monoisotopic (exact) mass is 376 g/mol. The minimum Gasteiger partial charge on any atom is -0.283 e. The second kappa shape index (κ2) is 7.43. The molecule has 0 radical (unpaired) electrons. The van der Waals surface area contributed by atoms with Crippen LogP contribution in [0, 0.1) is 0 Å². The Labute approximate surface area is 154 Å². The summed E-state index contributed by atoms with van der Waals surface area (Å²) in [4.78, 5) is 17.2. The number of aromatic nitrogens is 2. The van der Waals surface area contributed by atoms with Crippen LogP contribution in [-0.4, -0.2) is 15.8 Å². The number of benzene rings is 2. The Kier molecular flexibility index (Phi) is 5.29. The lowest BCUT2D eigenvalue weighted by Gasteiger charge is -2.12. The average Bonchev–Trinajstić information content (AvgIpc) is 2.60. The number of hydrogen-bond acceptors (Lipinski definition) is 3. The van der Waals surface area contributed by atoms with Crippen LogP contribution in [0.2, 0.25) is 10.0 Å². The van der Waals surface area contributed by atoms with E-state index in [1.54, 1.807) is 22.8 Å². The summed E-state index contributed by atoms with van der Waals surface area (Å²) < 4.78 is 1.64. The summed E-state index contributed by atoms with van der Waals surface area (Å²) in [5, 5.41) is 1.63. The molecule has 122 valence electrons. The van der Waals surface area contributed by atoms with Crippen LogP contribution in [0.5, 0.6) is 0 Å². The van der Waals surface area contributed by atoms with Gasteiger partial charge in [0.1, 0.15) is 0 Å². The van der Waals surface area contributed by atoms with Crippen molar-refractivity contribution < 1.29 is 0 Å². The van der Waals surface area contributed by atoms with Crippen LogP contribution < -0.4 is 5.56 Å². The first-order valence-electron chi connectivity index (χ1n) is 7.23. The highest BCUT2D eigenvalue weighted by Crippen LogP contribution is 2.24. The fourth-order valence-corrected chi connectivity index (χ4v) is 3.25. The molecule has 0 aliphatic carbocycles. The van der Waals surface area contributed by atoms with Crippen LogP contribution in [0.3, 0.4) is 0 Å². The molecule has 1 heterocycles. The highest BCUT2D eigenvalue weighted by Gasteiger charge is 2.11. The largest absolute Gasteiger partial charge is 0.283 e. The molecule has 0 aliphatic heterocycles. The Hall–Kier alpha value is -1.75. The number of halogens is 2. The molecule has 0 amide bonds. The quantitative estimate of drug-likeness (QED) is 0.475. The Balaban J connectivity index is 2.02. The van der Waals surface area contributed by atoms with E-state index in [9.17, 15) is 4.79 Å². The summed E-state index contributed by atoms with van der Waals surface area (Å²) >= 11 is 13.4. The lowest BCUT2D eigenvalue weighted by atomic mass is 10.1. The van der Waals surface area contributed by atoms with Gasteiger partial charge in [0.2, 0.25) is 0 Å². The van der Waals surface area contributed by atoms with Crippen molar-refractivity contribution in [3.05, 3.63) is 80.6 Å². The van der Waals surface area contributed by atoms with Crippen molar-refractivity contribution in [1.82, 2.24) is 9.55 Å². The maximum atomic E-state index is 12.6. The Morgan fingerprint density at radius 3 is 2.46 bits per heavy atom. The summed E-state index contributed by atoms with van der Waals surface area (Å²) in [5.74, 6) is 0. The Bertz CT molecular complexity index is 926. The van der Waals surface area contributed by atoms with E-state index in [1.807, 2.05) is 42.7 Å². The van der Waals surface area contributed by atoms with Crippen LogP contribution in [0.4, 0.5) is 0 Å². The van der Waals surface area contributed by atoms with Crippen molar-refractivity contribution in [2.24, 2.45) is 0 Å². The van der Waals surface area contributed by atoms with E-state index < -0.39 is 0 Å². The van der Waals surface area contributed by atoms with Crippen molar-refractivity contribution in [3.63, 3.8) is 0 Å². The second-order valence-electron chi connectivity index (χ2n) is 5.17. The molecule has 6 heteroatoms. The van der Waals surface area contributed by atoms with E-state index >= 15 is 0 Å². The van der Waals surface area contributed by atoms with Gasteiger partial charge < -0.3 is 0 Å². The number of hydrogen-bond donors (Lipinski definition) is 0. The summed E-state index contributed by atoms with van der Waals surface area (Å²) in [7, 11) is 0. The van der Waals surface area contributed by atoms with Crippen molar-refractivity contribution in [1.29, 1.82) is 0 Å². The number of thioether (sulfide) groups is 1. The molecule has 3 nitrogen and oxygen atoms in total. The van der Waals surface area contributed by atoms with Crippen LogP contribution in [0.15, 0.2) is 64.5 Å². The van der Waals surface area contributed by atoms with E-state index in [1.165, 1.54) is 11.8 Å². The molecular weight excluding hydrogens is 363 g/mol. The molecule has 3 aromatic rings. The number of rotatable bonds is 4. The van der Waals surface area contributed by atoms with Gasteiger partial charge in [-0.15, -0.1) is 0 Å². The molecule has 0 atom stereocenters. The second-order valence-corrected chi connectivity index (χ2v) is 6.75. The third-order valence-corrected chi connectivity index (χ3v) is 4.97. The van der Waals surface area contributed by atoms with Gasteiger partial charge in [-0.05, 0) is 24.0 Å². The maximum absolute atomic E-state index is 12.6. The molecule has 0 bridgehead atoms. The van der Waals surface area contributed by atoms with Gasteiger partial charge in [0.05, 0.1) is 22.3 Å². The maximum Gasteiger partial charge on any atom is 0.255 e. The first kappa shape index (κ1) is 17.1. The topological polar surface area (TPSA) is 34.9 Å². The lowest BCUT2D eigenvalue weighted by molar-refractivity contribution is 0.648. The zero-order valence-electron chi connectivity index (χ0n) is 12.9. The van der Waals surface area contributed by atoms with E-state index in [0.29, 0.717) is 27.4 Å². The molecule has 0 spiro atoms. The van der Waals surface area contributed by atoms with Crippen LogP contribution in [0.1, 0.15) is 5.56 Å². The smallest absolute Gasteiger partial charge is 0.255 e. The fourth-order valence-electron chi connectivity index (χ4n) is 2.36. The molecule has 0 aliphatic rings. The Morgan fingerprint density at radius 2 is 1.79 bits per heavy atom. The molecule has 2 aromatic carbocycles. The standard InChI is InChI=1S/C18H14Cl2N2OS/c1-24-18-21-16(13-5-3-2-4-6-13)10-17(23)22(18)11-12-7-8-14(19)15(20)9-12/h2-10H,11H2,1H3. The molecule has 0 saturated heterocycles. The highest BCUT2D eigenvalue weighted by molar-refractivity contribution is 7.98. The first-order chi connectivity index (χ1) is 11.6. The summed E-state index contributed by atoms with van der Waals surface area (Å²) in [5.41, 5.74) is 2.40. The third-order valence-electron chi connectivity index (χ3n) is 3.55. The van der Waals surface area contributed by atoms with Gasteiger partial charge in [0, 0.05) is 11.6 Å². The third kappa shape index (κ3) is 3.66. The first-order valence-corrected chi connectivity index (χ1v) is 9.22. The van der Waals surface area contributed by atoms with Crippen molar-refractivity contribution in [2.45, 2.75) is 11.7 Å². The summed E-state index contributed by atoms with van der Waals surface area (Å²) in [6.07, 6.45) is 1.90. The molecule has 3 rings (SSSR count). The molecule has 0 unspecified atom stereocenters. The molecule has 0 N–H and O–H groups in total. The van der Waals surface area contributed by atoms with Gasteiger partial charge in [-0.1, -0.05) is 71.4 Å². The van der Waals surface area contributed by atoms with E-state index in [2.05, 4.69) is 4.98 Å². The SMILES string of the molecule is CSc1nc(-c2ccccc2)cc(=O)n1Cc1ccc(Cl)c(Cl)c1. The lowest BCUT2D eigenvalue weighted by Crippen LogP contribution is -2.23. The number of nitrogens with zero attached hydrogens (tertiary/aromatic N) is 2. The van der Waals surface area contributed by atoms with E-state index in [4.69, 9.17) is 23.2 Å². The van der Waals surface area contributed by atoms with Gasteiger partial charge in [-0.3, -0.25) is 9.36 Å². The molecular formula is C18H14Cl2N2OS. The molecule has 0 saturated carbocycles. The molecule has 24 heavy (non-hydrogen) atoms. The summed E-state index contributed by atoms with van der Waals surface area (Å²) in [6, 6.07) is 16.6. The summed E-state index contributed by atoms with van der Waals surface area (Å²) in [6.45, 7) is 0.397. The minimum absolute atomic E-state index is 0.0979. The van der Waals surface area contributed by atoms with Gasteiger partial charge in [-0.25, -0.2) is 4.98 Å². The van der Waals surface area contributed by atoms with Gasteiger partial charge >= 0.3 is 0 Å².